The van der Waals surface area contributed by atoms with E-state index in [9.17, 15) is 13.6 Å². The summed E-state index contributed by atoms with van der Waals surface area (Å²) in [6.45, 7) is 7.16. The molecule has 0 fully saturated rings. The van der Waals surface area contributed by atoms with Crippen LogP contribution in [0, 0.1) is 0 Å². The topological polar surface area (TPSA) is 26.3 Å². The highest BCUT2D eigenvalue weighted by Gasteiger charge is 2.22. The molecule has 1 aromatic carbocycles. The Balaban J connectivity index is 2.72. The second-order valence-corrected chi connectivity index (χ2v) is 6.27. The molecular weight excluding hydrogens is 270 g/mol. The third kappa shape index (κ3) is 5.59. The molecule has 0 aliphatic rings. The minimum absolute atomic E-state index is 0.318. The maximum atomic E-state index is 12.2. The minimum atomic E-state index is -2.44. The summed E-state index contributed by atoms with van der Waals surface area (Å²) < 4.78 is 29.6. The van der Waals surface area contributed by atoms with Gasteiger partial charge in [0.25, 0.3) is 5.76 Å². The van der Waals surface area contributed by atoms with E-state index in [-0.39, 0.29) is 5.97 Å². The number of hydrogen-bond donors (Lipinski definition) is 0. The molecule has 1 atom stereocenters. The third-order valence-electron chi connectivity index (χ3n) is 2.37. The van der Waals surface area contributed by atoms with Crippen molar-refractivity contribution in [1.29, 1.82) is 0 Å². The van der Waals surface area contributed by atoms with Crippen LogP contribution in [0.3, 0.4) is 0 Å². The Kier molecular flexibility index (Phi) is 5.35. The first-order valence-corrected chi connectivity index (χ1v) is 6.84. The van der Waals surface area contributed by atoms with E-state index in [1.807, 2.05) is 0 Å². The molecule has 0 aliphatic carbocycles. The summed E-state index contributed by atoms with van der Waals surface area (Å²) in [6.07, 6.45) is 0. The number of carbonyl (C=O) groups excluding carboxylic acids is 1. The van der Waals surface area contributed by atoms with E-state index >= 15 is 0 Å². The van der Waals surface area contributed by atoms with Crippen molar-refractivity contribution in [2.24, 2.45) is 0 Å². The number of ether oxygens (including phenoxy) is 1. The molecule has 0 heterocycles. The Morgan fingerprint density at radius 3 is 2.16 bits per heavy atom. The van der Waals surface area contributed by atoms with Crippen LogP contribution in [0.15, 0.2) is 29.2 Å². The Hall–Kier alpha value is -1.10. The Bertz CT molecular complexity index is 424. The molecule has 0 spiro atoms. The zero-order valence-electron chi connectivity index (χ0n) is 11.4. The number of benzene rings is 1. The van der Waals surface area contributed by atoms with Gasteiger partial charge in [-0.25, -0.2) is 0 Å². The molecule has 0 saturated carbocycles. The highest BCUT2D eigenvalue weighted by atomic mass is 32.2. The summed E-state index contributed by atoms with van der Waals surface area (Å²) in [4.78, 5) is 12.4. The van der Waals surface area contributed by atoms with E-state index < -0.39 is 17.3 Å². The van der Waals surface area contributed by atoms with E-state index in [0.29, 0.717) is 16.7 Å². The molecule has 0 saturated heterocycles. The maximum Gasteiger partial charge on any atom is 0.313 e. The highest BCUT2D eigenvalue weighted by Crippen LogP contribution is 2.27. The number of rotatable bonds is 4. The number of carbonyl (C=O) groups is 1. The largest absolute Gasteiger partial charge is 0.460 e. The van der Waals surface area contributed by atoms with E-state index in [0.717, 1.165) is 5.56 Å². The molecule has 0 aliphatic heterocycles. The fourth-order valence-electron chi connectivity index (χ4n) is 1.46. The van der Waals surface area contributed by atoms with Crippen molar-refractivity contribution in [3.8, 4) is 0 Å². The molecule has 1 aromatic rings. The number of esters is 1. The first kappa shape index (κ1) is 16.0. The summed E-state index contributed by atoms with van der Waals surface area (Å²) in [5, 5.41) is 0. The van der Waals surface area contributed by atoms with Crippen LogP contribution in [-0.4, -0.2) is 17.3 Å². The average Bonchev–Trinajstić information content (AvgIpc) is 2.26. The average molecular weight is 288 g/mol. The van der Waals surface area contributed by atoms with Crippen LogP contribution in [0.5, 0.6) is 0 Å². The van der Waals surface area contributed by atoms with Gasteiger partial charge in [0.15, 0.2) is 0 Å². The van der Waals surface area contributed by atoms with Gasteiger partial charge in [0.2, 0.25) is 0 Å². The van der Waals surface area contributed by atoms with Crippen molar-refractivity contribution in [2.75, 3.05) is 0 Å². The molecule has 1 rings (SSSR count). The van der Waals surface area contributed by atoms with Crippen molar-refractivity contribution < 1.29 is 18.3 Å². The first-order chi connectivity index (χ1) is 8.69. The smallest absolute Gasteiger partial charge is 0.313 e. The molecule has 0 amide bonds. The zero-order chi connectivity index (χ0) is 14.6. The molecule has 5 heteroatoms. The van der Waals surface area contributed by atoms with Gasteiger partial charge in [0, 0.05) is 4.90 Å². The van der Waals surface area contributed by atoms with E-state index in [2.05, 4.69) is 0 Å². The summed E-state index contributed by atoms with van der Waals surface area (Å²) in [7, 11) is 0. The standard InChI is InChI=1S/C14H18F2O2S/c1-9(12(17)18-14(2,3)4)10-5-7-11(8-6-10)19-13(15)16/h5-9,13H,1-4H3. The lowest BCUT2D eigenvalue weighted by atomic mass is 10.0. The van der Waals surface area contributed by atoms with Gasteiger partial charge in [-0.15, -0.1) is 0 Å². The zero-order valence-corrected chi connectivity index (χ0v) is 12.3. The molecule has 106 valence electrons. The van der Waals surface area contributed by atoms with E-state index in [4.69, 9.17) is 4.74 Å². The number of alkyl halides is 2. The molecular formula is C14H18F2O2S. The maximum absolute atomic E-state index is 12.2. The van der Waals surface area contributed by atoms with Crippen molar-refractivity contribution in [3.63, 3.8) is 0 Å². The molecule has 0 aromatic heterocycles. The van der Waals surface area contributed by atoms with Gasteiger partial charge in [-0.05, 0) is 45.4 Å². The van der Waals surface area contributed by atoms with Crippen LogP contribution in [0.1, 0.15) is 39.2 Å². The fraction of sp³-hybridized carbons (Fsp3) is 0.500. The van der Waals surface area contributed by atoms with Gasteiger partial charge < -0.3 is 4.74 Å². The predicted octanol–water partition coefficient (Wildman–Crippen LogP) is 4.45. The second kappa shape index (κ2) is 6.37. The SMILES string of the molecule is CC(C(=O)OC(C)(C)C)c1ccc(SC(F)F)cc1. The molecule has 0 bridgehead atoms. The first-order valence-electron chi connectivity index (χ1n) is 5.96. The predicted molar refractivity (Wildman–Crippen MR) is 72.6 cm³/mol. The van der Waals surface area contributed by atoms with Gasteiger partial charge in [-0.2, -0.15) is 8.78 Å². The van der Waals surface area contributed by atoms with Crippen LogP contribution in [0.2, 0.25) is 0 Å². The van der Waals surface area contributed by atoms with Gasteiger partial charge >= 0.3 is 5.97 Å². The Morgan fingerprint density at radius 2 is 1.74 bits per heavy atom. The van der Waals surface area contributed by atoms with Gasteiger partial charge in [-0.1, -0.05) is 23.9 Å². The third-order valence-corrected chi connectivity index (χ3v) is 3.09. The lowest BCUT2D eigenvalue weighted by molar-refractivity contribution is -0.156. The number of thioether (sulfide) groups is 1. The van der Waals surface area contributed by atoms with E-state index in [1.165, 1.54) is 0 Å². The van der Waals surface area contributed by atoms with Crippen LogP contribution >= 0.6 is 11.8 Å². The molecule has 19 heavy (non-hydrogen) atoms. The molecule has 2 nitrogen and oxygen atoms in total. The van der Waals surface area contributed by atoms with Gasteiger partial charge in [0.1, 0.15) is 5.60 Å². The Morgan fingerprint density at radius 1 is 1.21 bits per heavy atom. The van der Waals surface area contributed by atoms with Crippen LogP contribution in [0.25, 0.3) is 0 Å². The van der Waals surface area contributed by atoms with Crippen LogP contribution < -0.4 is 0 Å². The van der Waals surface area contributed by atoms with Crippen molar-refractivity contribution in [3.05, 3.63) is 29.8 Å². The van der Waals surface area contributed by atoms with E-state index in [1.54, 1.807) is 52.0 Å². The van der Waals surface area contributed by atoms with Gasteiger partial charge in [-0.3, -0.25) is 4.79 Å². The number of hydrogen-bond acceptors (Lipinski definition) is 3. The monoisotopic (exact) mass is 288 g/mol. The van der Waals surface area contributed by atoms with Crippen LogP contribution in [-0.2, 0) is 9.53 Å². The quantitative estimate of drug-likeness (QED) is 0.605. The lowest BCUT2D eigenvalue weighted by Crippen LogP contribution is -2.26. The van der Waals surface area contributed by atoms with Gasteiger partial charge in [0.05, 0.1) is 5.92 Å². The van der Waals surface area contributed by atoms with Crippen LogP contribution in [0.4, 0.5) is 8.78 Å². The summed E-state index contributed by atoms with van der Waals surface area (Å²) >= 11 is 0.488. The fourth-order valence-corrected chi connectivity index (χ4v) is 1.96. The summed E-state index contributed by atoms with van der Waals surface area (Å²) in [5.74, 6) is -3.17. The molecule has 0 radical (unpaired) electrons. The lowest BCUT2D eigenvalue weighted by Gasteiger charge is -2.22. The summed E-state index contributed by atoms with van der Waals surface area (Å²) in [5.41, 5.74) is 0.226. The normalized spacial score (nSPS) is 13.4. The van der Waals surface area contributed by atoms with Crippen molar-refractivity contribution >= 4 is 17.7 Å². The molecule has 1 unspecified atom stereocenters. The number of halogens is 2. The van der Waals surface area contributed by atoms with Crippen molar-refractivity contribution in [2.45, 2.75) is 49.9 Å². The van der Waals surface area contributed by atoms with Crippen molar-refractivity contribution in [1.82, 2.24) is 0 Å². The minimum Gasteiger partial charge on any atom is -0.460 e. The summed E-state index contributed by atoms with van der Waals surface area (Å²) in [6, 6.07) is 6.54. The highest BCUT2D eigenvalue weighted by molar-refractivity contribution is 7.99. The molecule has 0 N–H and O–H groups in total. The second-order valence-electron chi connectivity index (χ2n) is 5.20. The Labute approximate surface area is 116 Å².